The number of hydrogen-bond acceptors (Lipinski definition) is 4. The van der Waals surface area contributed by atoms with Crippen LogP contribution in [0.25, 0.3) is 0 Å². The first-order valence-corrected chi connectivity index (χ1v) is 9.62. The molecule has 6 nitrogen and oxygen atoms in total. The van der Waals surface area contributed by atoms with Gasteiger partial charge in [0.05, 0.1) is 31.1 Å². The Bertz CT molecular complexity index is 665. The number of hydrogen-bond donors (Lipinski definition) is 0. The Morgan fingerprint density at radius 3 is 2.84 bits per heavy atom. The van der Waals surface area contributed by atoms with E-state index in [2.05, 4.69) is 18.7 Å². The highest BCUT2D eigenvalue weighted by molar-refractivity contribution is 5.95. The van der Waals surface area contributed by atoms with Crippen molar-refractivity contribution in [2.45, 2.75) is 76.7 Å². The molecule has 1 saturated carbocycles. The number of aromatic nitrogens is 2. The van der Waals surface area contributed by atoms with E-state index in [1.165, 1.54) is 6.42 Å². The summed E-state index contributed by atoms with van der Waals surface area (Å²) in [7, 11) is 1.69. The average Bonchev–Trinajstić information content (AvgIpc) is 3.24. The predicted octanol–water partition coefficient (Wildman–Crippen LogP) is 2.71. The number of fused-ring (bicyclic) bond motifs is 1. The van der Waals surface area contributed by atoms with Gasteiger partial charge in [0.2, 0.25) is 0 Å². The molecule has 2 aliphatic heterocycles. The van der Waals surface area contributed by atoms with Gasteiger partial charge in [0.1, 0.15) is 0 Å². The van der Waals surface area contributed by atoms with Gasteiger partial charge in [-0.25, -0.2) is 0 Å². The van der Waals surface area contributed by atoms with E-state index in [-0.39, 0.29) is 23.7 Å². The summed E-state index contributed by atoms with van der Waals surface area (Å²) in [6, 6.07) is 0. The molecule has 1 spiro atoms. The van der Waals surface area contributed by atoms with E-state index >= 15 is 0 Å². The molecule has 1 saturated heterocycles. The molecule has 0 unspecified atom stereocenters. The Balaban J connectivity index is 1.70. The Morgan fingerprint density at radius 1 is 1.32 bits per heavy atom. The van der Waals surface area contributed by atoms with E-state index in [1.54, 1.807) is 7.11 Å². The zero-order chi connectivity index (χ0) is 17.6. The predicted molar refractivity (Wildman–Crippen MR) is 93.6 cm³/mol. The number of nitrogens with zero attached hydrogens (tertiary/aromatic N) is 3. The van der Waals surface area contributed by atoms with E-state index in [0.29, 0.717) is 18.8 Å². The third-order valence-electron chi connectivity index (χ3n) is 6.04. The molecular weight excluding hydrogens is 318 g/mol. The molecule has 1 aliphatic carbocycles. The zero-order valence-corrected chi connectivity index (χ0v) is 15.6. The van der Waals surface area contributed by atoms with Gasteiger partial charge in [-0.2, -0.15) is 5.10 Å². The summed E-state index contributed by atoms with van der Waals surface area (Å²) in [6.07, 6.45) is 6.65. The van der Waals surface area contributed by atoms with Crippen LogP contribution in [0.15, 0.2) is 0 Å². The molecule has 0 N–H and O–H groups in total. The van der Waals surface area contributed by atoms with E-state index in [4.69, 9.17) is 14.6 Å². The summed E-state index contributed by atoms with van der Waals surface area (Å²) < 4.78 is 13.2. The number of ether oxygens (including phenoxy) is 2. The number of carbonyl (C=O) groups excluding carboxylic acids is 1. The van der Waals surface area contributed by atoms with Crippen molar-refractivity contribution < 1.29 is 14.3 Å². The molecule has 25 heavy (non-hydrogen) atoms. The molecule has 3 aliphatic rings. The van der Waals surface area contributed by atoms with Crippen LogP contribution in [0.2, 0.25) is 0 Å². The maximum absolute atomic E-state index is 13.4. The van der Waals surface area contributed by atoms with Gasteiger partial charge >= 0.3 is 0 Å². The molecule has 4 rings (SSSR count). The average molecular weight is 347 g/mol. The highest BCUT2D eigenvalue weighted by Gasteiger charge is 2.51. The molecule has 1 aromatic heterocycles. The van der Waals surface area contributed by atoms with E-state index < -0.39 is 0 Å². The first-order valence-electron chi connectivity index (χ1n) is 9.62. The molecule has 2 fully saturated rings. The molecule has 0 radical (unpaired) electrons. The van der Waals surface area contributed by atoms with Gasteiger partial charge in [-0.05, 0) is 46.0 Å². The fourth-order valence-electron chi connectivity index (χ4n) is 4.64. The van der Waals surface area contributed by atoms with E-state index in [1.807, 2.05) is 4.68 Å². The Kier molecular flexibility index (Phi) is 4.36. The summed E-state index contributed by atoms with van der Waals surface area (Å²) in [5.41, 5.74) is 2.94. The van der Waals surface area contributed by atoms with Crippen LogP contribution in [0.3, 0.4) is 0 Å². The number of amides is 1. The van der Waals surface area contributed by atoms with Gasteiger partial charge in [-0.3, -0.25) is 9.48 Å². The Labute approximate surface area is 149 Å². The second-order valence-corrected chi connectivity index (χ2v) is 7.86. The Hall–Kier alpha value is -1.40. The zero-order valence-electron chi connectivity index (χ0n) is 15.6. The van der Waals surface area contributed by atoms with Gasteiger partial charge in [-0.15, -0.1) is 0 Å². The first kappa shape index (κ1) is 17.0. The van der Waals surface area contributed by atoms with Gasteiger partial charge in [0.15, 0.2) is 5.69 Å². The summed E-state index contributed by atoms with van der Waals surface area (Å²) in [5, 5.41) is 4.75. The van der Waals surface area contributed by atoms with Crippen LogP contribution in [0.5, 0.6) is 0 Å². The van der Waals surface area contributed by atoms with Crippen molar-refractivity contribution >= 4 is 5.91 Å². The monoisotopic (exact) mass is 347 g/mol. The fraction of sp³-hybridized carbons (Fsp3) is 0.789. The van der Waals surface area contributed by atoms with Crippen molar-refractivity contribution in [1.82, 2.24) is 14.7 Å². The van der Waals surface area contributed by atoms with Gasteiger partial charge in [0, 0.05) is 31.2 Å². The molecule has 1 aromatic rings. The number of methoxy groups -OCH3 is 1. The second kappa shape index (κ2) is 6.40. The van der Waals surface area contributed by atoms with Crippen molar-refractivity contribution in [1.29, 1.82) is 0 Å². The van der Waals surface area contributed by atoms with E-state index in [9.17, 15) is 4.79 Å². The standard InChI is InChI=1S/C19H29N3O3/c1-13-12-15-16(18(23)21-9-5-4-6-19(21)7-8-19)20-22(10-11-24-3)17(15)14(2)25-13/h13-14H,4-12H2,1-3H3/t13-,14+/m1/s1. The lowest BCUT2D eigenvalue weighted by molar-refractivity contribution is -0.0102. The quantitative estimate of drug-likeness (QED) is 0.840. The molecule has 138 valence electrons. The second-order valence-electron chi connectivity index (χ2n) is 7.86. The van der Waals surface area contributed by atoms with Crippen LogP contribution in [0.4, 0.5) is 0 Å². The largest absolute Gasteiger partial charge is 0.383 e. The lowest BCUT2D eigenvalue weighted by atomic mass is 9.96. The van der Waals surface area contributed by atoms with Crippen LogP contribution in [0.1, 0.15) is 73.8 Å². The highest BCUT2D eigenvalue weighted by Crippen LogP contribution is 2.49. The van der Waals surface area contributed by atoms with Crippen LogP contribution in [-0.4, -0.2) is 52.5 Å². The summed E-state index contributed by atoms with van der Waals surface area (Å²) in [6.45, 7) is 6.23. The molecular formula is C19H29N3O3. The molecule has 1 amide bonds. The van der Waals surface area contributed by atoms with Gasteiger partial charge in [-0.1, -0.05) is 0 Å². The normalized spacial score (nSPS) is 27.4. The molecule has 0 bridgehead atoms. The Morgan fingerprint density at radius 2 is 2.12 bits per heavy atom. The number of likely N-dealkylation sites (tertiary alicyclic amines) is 1. The first-order chi connectivity index (χ1) is 12.1. The minimum atomic E-state index is -0.0408. The van der Waals surface area contributed by atoms with Gasteiger partial charge < -0.3 is 14.4 Å². The van der Waals surface area contributed by atoms with E-state index in [0.717, 1.165) is 49.9 Å². The summed E-state index contributed by atoms with van der Waals surface area (Å²) in [4.78, 5) is 15.5. The third kappa shape index (κ3) is 2.89. The number of rotatable bonds is 4. The van der Waals surface area contributed by atoms with Crippen molar-refractivity contribution in [3.05, 3.63) is 17.0 Å². The molecule has 2 atom stereocenters. The van der Waals surface area contributed by atoms with Crippen molar-refractivity contribution in [2.75, 3.05) is 20.3 Å². The van der Waals surface area contributed by atoms with Crippen molar-refractivity contribution in [3.63, 3.8) is 0 Å². The SMILES string of the molecule is COCCn1nc(C(=O)N2CCCCC23CC3)c2c1[C@H](C)O[C@H](C)C2. The fourth-order valence-corrected chi connectivity index (χ4v) is 4.64. The van der Waals surface area contributed by atoms with Crippen molar-refractivity contribution in [3.8, 4) is 0 Å². The molecule has 6 heteroatoms. The van der Waals surface area contributed by atoms with Gasteiger partial charge in [0.25, 0.3) is 5.91 Å². The third-order valence-corrected chi connectivity index (χ3v) is 6.04. The highest BCUT2D eigenvalue weighted by atomic mass is 16.5. The van der Waals surface area contributed by atoms with Crippen LogP contribution in [-0.2, 0) is 22.4 Å². The van der Waals surface area contributed by atoms with Crippen LogP contribution >= 0.6 is 0 Å². The van der Waals surface area contributed by atoms with Crippen LogP contribution < -0.4 is 0 Å². The lowest BCUT2D eigenvalue weighted by Gasteiger charge is -2.36. The topological polar surface area (TPSA) is 56.6 Å². The lowest BCUT2D eigenvalue weighted by Crippen LogP contribution is -2.46. The summed E-state index contributed by atoms with van der Waals surface area (Å²) in [5.74, 6) is 0.130. The smallest absolute Gasteiger partial charge is 0.275 e. The summed E-state index contributed by atoms with van der Waals surface area (Å²) >= 11 is 0. The van der Waals surface area contributed by atoms with Crippen LogP contribution in [0, 0.1) is 0 Å². The number of carbonyl (C=O) groups is 1. The molecule has 3 heterocycles. The minimum Gasteiger partial charge on any atom is -0.383 e. The van der Waals surface area contributed by atoms with Crippen molar-refractivity contribution in [2.24, 2.45) is 0 Å². The minimum absolute atomic E-state index is 0.0408. The molecule has 0 aromatic carbocycles. The maximum Gasteiger partial charge on any atom is 0.275 e. The number of piperidine rings is 1. The maximum atomic E-state index is 13.4.